The van der Waals surface area contributed by atoms with Crippen LogP contribution in [0.2, 0.25) is 0 Å². The average Bonchev–Trinajstić information content (AvgIpc) is 3.26. The predicted octanol–water partition coefficient (Wildman–Crippen LogP) is 3.86. The molecule has 0 saturated heterocycles. The normalized spacial score (nSPS) is 10.5. The summed E-state index contributed by atoms with van der Waals surface area (Å²) in [6, 6.07) is 11.0. The van der Waals surface area contributed by atoms with Gasteiger partial charge in [-0.25, -0.2) is 4.79 Å². The Hall–Kier alpha value is -3.46. The topological polar surface area (TPSA) is 103 Å². The summed E-state index contributed by atoms with van der Waals surface area (Å²) in [6.45, 7) is 3.42. The van der Waals surface area contributed by atoms with E-state index in [-0.39, 0.29) is 5.69 Å². The van der Waals surface area contributed by atoms with Crippen LogP contribution in [0.4, 0.5) is 11.4 Å². The first-order chi connectivity index (χ1) is 13.4. The fourth-order valence-corrected chi connectivity index (χ4v) is 3.70. The summed E-state index contributed by atoms with van der Waals surface area (Å²) in [7, 11) is 0. The molecule has 144 valence electrons. The fraction of sp³-hybridized carbons (Fsp3) is 0.158. The molecule has 0 radical (unpaired) electrons. The van der Waals surface area contributed by atoms with E-state index in [0.29, 0.717) is 11.3 Å². The maximum absolute atomic E-state index is 12.4. The number of carbonyl (C=O) groups excluding carboxylic acids is 2. The van der Waals surface area contributed by atoms with Gasteiger partial charge in [0.25, 0.3) is 11.6 Å². The van der Waals surface area contributed by atoms with Crippen LogP contribution in [0.1, 0.15) is 21.7 Å². The molecule has 28 heavy (non-hydrogen) atoms. The van der Waals surface area contributed by atoms with Crippen molar-refractivity contribution in [3.05, 3.63) is 74.9 Å². The second-order valence-corrected chi connectivity index (χ2v) is 6.91. The van der Waals surface area contributed by atoms with Crippen LogP contribution in [0, 0.1) is 24.0 Å². The number of esters is 1. The molecule has 0 fully saturated rings. The number of rotatable bonds is 6. The first-order valence-corrected chi connectivity index (χ1v) is 9.19. The van der Waals surface area contributed by atoms with Crippen molar-refractivity contribution in [2.24, 2.45) is 0 Å². The van der Waals surface area contributed by atoms with Crippen molar-refractivity contribution in [1.82, 2.24) is 4.57 Å². The molecule has 9 heteroatoms. The summed E-state index contributed by atoms with van der Waals surface area (Å²) in [6.07, 6.45) is 0. The van der Waals surface area contributed by atoms with Gasteiger partial charge in [0.1, 0.15) is 5.00 Å². The number of nitro benzene ring substituents is 1. The molecule has 1 amide bonds. The van der Waals surface area contributed by atoms with Crippen molar-refractivity contribution < 1.29 is 19.2 Å². The van der Waals surface area contributed by atoms with E-state index in [0.717, 1.165) is 16.4 Å². The zero-order chi connectivity index (χ0) is 20.3. The Labute approximate surface area is 164 Å². The molecular weight excluding hydrogens is 382 g/mol. The number of nitrogens with one attached hydrogen (secondary N) is 1. The van der Waals surface area contributed by atoms with Gasteiger partial charge in [0.05, 0.1) is 10.5 Å². The van der Waals surface area contributed by atoms with E-state index >= 15 is 0 Å². The summed E-state index contributed by atoms with van der Waals surface area (Å²) in [5, 5.41) is 15.7. The Morgan fingerprint density at radius 1 is 1.11 bits per heavy atom. The van der Waals surface area contributed by atoms with Crippen LogP contribution in [-0.2, 0) is 9.53 Å². The second-order valence-electron chi connectivity index (χ2n) is 6.02. The van der Waals surface area contributed by atoms with Crippen LogP contribution in [0.15, 0.2) is 47.8 Å². The number of carbonyl (C=O) groups is 2. The number of hydrogen-bond acceptors (Lipinski definition) is 6. The van der Waals surface area contributed by atoms with Gasteiger partial charge in [-0.3, -0.25) is 14.9 Å². The molecule has 2 heterocycles. The minimum Gasteiger partial charge on any atom is -0.452 e. The van der Waals surface area contributed by atoms with E-state index < -0.39 is 23.4 Å². The quantitative estimate of drug-likeness (QED) is 0.385. The van der Waals surface area contributed by atoms with Gasteiger partial charge in [-0.15, -0.1) is 11.3 Å². The number of non-ortho nitro benzene ring substituents is 1. The van der Waals surface area contributed by atoms with Crippen LogP contribution >= 0.6 is 11.3 Å². The zero-order valence-corrected chi connectivity index (χ0v) is 16.0. The highest BCUT2D eigenvalue weighted by molar-refractivity contribution is 7.13. The van der Waals surface area contributed by atoms with Crippen LogP contribution in [-0.4, -0.2) is 28.0 Å². The van der Waals surface area contributed by atoms with Crippen LogP contribution in [0.5, 0.6) is 0 Å². The van der Waals surface area contributed by atoms with Gasteiger partial charge in [-0.1, -0.05) is 0 Å². The Morgan fingerprint density at radius 2 is 1.75 bits per heavy atom. The summed E-state index contributed by atoms with van der Waals surface area (Å²) in [5.41, 5.74) is 2.66. The number of ether oxygens (including phenoxy) is 1. The SMILES string of the molecule is Cc1ccc(C)n1-c1sccc1C(=O)OCC(=O)Nc1ccc([N+](=O)[O-])cc1. The molecule has 1 N–H and O–H groups in total. The molecule has 0 spiro atoms. The van der Waals surface area contributed by atoms with Gasteiger partial charge in [-0.05, 0) is 49.6 Å². The van der Waals surface area contributed by atoms with Crippen molar-refractivity contribution in [2.45, 2.75) is 13.8 Å². The fourth-order valence-electron chi connectivity index (χ4n) is 2.69. The predicted molar refractivity (Wildman–Crippen MR) is 105 cm³/mol. The number of nitrogens with zero attached hydrogens (tertiary/aromatic N) is 2. The van der Waals surface area contributed by atoms with Gasteiger partial charge in [0.2, 0.25) is 0 Å². The van der Waals surface area contributed by atoms with E-state index in [1.165, 1.54) is 35.6 Å². The van der Waals surface area contributed by atoms with E-state index in [9.17, 15) is 19.7 Å². The maximum Gasteiger partial charge on any atom is 0.341 e. The zero-order valence-electron chi connectivity index (χ0n) is 15.2. The molecule has 0 aliphatic rings. The van der Waals surface area contributed by atoms with E-state index in [2.05, 4.69) is 5.32 Å². The third-order valence-electron chi connectivity index (χ3n) is 4.04. The average molecular weight is 399 g/mol. The molecule has 2 aromatic heterocycles. The van der Waals surface area contributed by atoms with Crippen molar-refractivity contribution in [2.75, 3.05) is 11.9 Å². The largest absolute Gasteiger partial charge is 0.452 e. The number of aryl methyl sites for hydroxylation is 2. The Kier molecular flexibility index (Phi) is 5.55. The van der Waals surface area contributed by atoms with E-state index in [4.69, 9.17) is 4.74 Å². The van der Waals surface area contributed by atoms with Crippen molar-refractivity contribution >= 4 is 34.6 Å². The molecule has 8 nitrogen and oxygen atoms in total. The Balaban J connectivity index is 1.63. The summed E-state index contributed by atoms with van der Waals surface area (Å²) in [5.74, 6) is -1.13. The lowest BCUT2D eigenvalue weighted by Gasteiger charge is -2.10. The minimum absolute atomic E-state index is 0.0787. The highest BCUT2D eigenvalue weighted by Crippen LogP contribution is 2.26. The monoisotopic (exact) mass is 399 g/mol. The Bertz CT molecular complexity index is 1020. The lowest BCUT2D eigenvalue weighted by atomic mass is 10.3. The molecule has 0 unspecified atom stereocenters. The van der Waals surface area contributed by atoms with Crippen LogP contribution in [0.3, 0.4) is 0 Å². The van der Waals surface area contributed by atoms with E-state index in [1.54, 1.807) is 11.4 Å². The number of thiophene rings is 1. The molecule has 1 aromatic carbocycles. The molecule has 0 atom stereocenters. The first kappa shape index (κ1) is 19.3. The molecule has 0 saturated carbocycles. The minimum atomic E-state index is -0.595. The molecular formula is C19H17N3O5S. The lowest BCUT2D eigenvalue weighted by molar-refractivity contribution is -0.384. The van der Waals surface area contributed by atoms with Crippen LogP contribution < -0.4 is 5.32 Å². The summed E-state index contributed by atoms with van der Waals surface area (Å²) in [4.78, 5) is 34.6. The van der Waals surface area contributed by atoms with Gasteiger partial charge in [0.15, 0.2) is 6.61 Å². The number of nitro groups is 1. The highest BCUT2D eigenvalue weighted by Gasteiger charge is 2.19. The molecule has 0 aliphatic carbocycles. The van der Waals surface area contributed by atoms with Crippen molar-refractivity contribution in [3.8, 4) is 5.00 Å². The van der Waals surface area contributed by atoms with Gasteiger partial charge >= 0.3 is 5.97 Å². The molecule has 3 aromatic rings. The number of hydrogen-bond donors (Lipinski definition) is 1. The molecule has 0 aliphatic heterocycles. The summed E-state index contributed by atoms with van der Waals surface area (Å²) < 4.78 is 7.09. The number of anilines is 1. The maximum atomic E-state index is 12.4. The second kappa shape index (κ2) is 8.05. The third-order valence-corrected chi connectivity index (χ3v) is 4.93. The van der Waals surface area contributed by atoms with Gasteiger partial charge < -0.3 is 14.6 Å². The third kappa shape index (κ3) is 4.09. The summed E-state index contributed by atoms with van der Waals surface area (Å²) >= 11 is 1.41. The molecule has 0 bridgehead atoms. The van der Waals surface area contributed by atoms with Crippen molar-refractivity contribution in [3.63, 3.8) is 0 Å². The van der Waals surface area contributed by atoms with Crippen LogP contribution in [0.25, 0.3) is 5.00 Å². The number of aromatic nitrogens is 1. The van der Waals surface area contributed by atoms with Gasteiger partial charge in [0, 0.05) is 29.2 Å². The van der Waals surface area contributed by atoms with E-state index in [1.807, 2.05) is 30.5 Å². The standard InChI is InChI=1S/C19H17N3O5S/c1-12-3-4-13(2)21(12)18-16(9-10-28-18)19(24)27-11-17(23)20-14-5-7-15(8-6-14)22(25)26/h3-10H,11H2,1-2H3,(H,20,23). The highest BCUT2D eigenvalue weighted by atomic mass is 32.1. The smallest absolute Gasteiger partial charge is 0.341 e. The Morgan fingerprint density at radius 3 is 2.36 bits per heavy atom. The first-order valence-electron chi connectivity index (χ1n) is 8.31. The lowest BCUT2D eigenvalue weighted by Crippen LogP contribution is -2.21. The number of amides is 1. The molecule has 3 rings (SSSR count). The van der Waals surface area contributed by atoms with Gasteiger partial charge in [-0.2, -0.15) is 0 Å². The van der Waals surface area contributed by atoms with Crippen molar-refractivity contribution in [1.29, 1.82) is 0 Å². The number of benzene rings is 1.